The Labute approximate surface area is 83.0 Å². The normalized spacial score (nSPS) is 25.4. The monoisotopic (exact) mass is 190 g/mol. The molecular formula is C10H14N4. The molecule has 0 spiro atoms. The molecule has 14 heavy (non-hydrogen) atoms. The number of H-pyrrole nitrogens is 1. The number of rotatable bonds is 1. The fourth-order valence-corrected chi connectivity index (χ4v) is 2.23. The predicted molar refractivity (Wildman–Crippen MR) is 57.0 cm³/mol. The third kappa shape index (κ3) is 1.14. The van der Waals surface area contributed by atoms with Gasteiger partial charge in [0.15, 0.2) is 0 Å². The van der Waals surface area contributed by atoms with Gasteiger partial charge in [-0.1, -0.05) is 0 Å². The van der Waals surface area contributed by atoms with Gasteiger partial charge < -0.3 is 15.2 Å². The summed E-state index contributed by atoms with van der Waals surface area (Å²) in [4.78, 5) is 10.0. The highest BCUT2D eigenvalue weighted by Crippen LogP contribution is 2.24. The molecular weight excluding hydrogens is 176 g/mol. The molecule has 1 atom stereocenters. The fourth-order valence-electron chi connectivity index (χ4n) is 2.23. The van der Waals surface area contributed by atoms with E-state index in [1.807, 2.05) is 12.4 Å². The predicted octanol–water partition coefficient (Wildman–Crippen LogP) is 0.573. The van der Waals surface area contributed by atoms with Crippen molar-refractivity contribution in [2.24, 2.45) is 4.99 Å². The molecule has 1 unspecified atom stereocenters. The van der Waals surface area contributed by atoms with Crippen LogP contribution in [0.4, 0.5) is 5.82 Å². The van der Waals surface area contributed by atoms with Gasteiger partial charge in [0.1, 0.15) is 12.5 Å². The van der Waals surface area contributed by atoms with Gasteiger partial charge in [-0.05, 0) is 19.0 Å². The Bertz CT molecular complexity index is 349. The average molecular weight is 190 g/mol. The molecule has 3 heterocycles. The summed E-state index contributed by atoms with van der Waals surface area (Å²) in [5, 5.41) is 3.39. The molecule has 1 saturated heterocycles. The van der Waals surface area contributed by atoms with Gasteiger partial charge in [-0.15, -0.1) is 0 Å². The largest absolute Gasteiger partial charge is 0.348 e. The number of fused-ring (bicyclic) bond motifs is 1. The Morgan fingerprint density at radius 2 is 2.50 bits per heavy atom. The summed E-state index contributed by atoms with van der Waals surface area (Å²) >= 11 is 0. The van der Waals surface area contributed by atoms with Crippen LogP contribution in [-0.4, -0.2) is 37.0 Å². The van der Waals surface area contributed by atoms with Crippen LogP contribution < -0.4 is 10.2 Å². The van der Waals surface area contributed by atoms with Crippen molar-refractivity contribution >= 4 is 12.0 Å². The van der Waals surface area contributed by atoms with E-state index in [1.54, 1.807) is 0 Å². The van der Waals surface area contributed by atoms with E-state index in [1.165, 1.54) is 17.8 Å². The quantitative estimate of drug-likeness (QED) is 0.680. The van der Waals surface area contributed by atoms with E-state index in [2.05, 4.69) is 26.3 Å². The fraction of sp³-hybridized carbons (Fsp3) is 0.500. The maximum atomic E-state index is 4.37. The van der Waals surface area contributed by atoms with Crippen molar-refractivity contribution in [1.29, 1.82) is 0 Å². The number of aromatic nitrogens is 1. The summed E-state index contributed by atoms with van der Waals surface area (Å²) in [5.41, 5.74) is 1.21. The number of anilines is 1. The van der Waals surface area contributed by atoms with Gasteiger partial charge in [0, 0.05) is 30.6 Å². The van der Waals surface area contributed by atoms with Crippen molar-refractivity contribution in [2.45, 2.75) is 12.5 Å². The molecule has 2 aliphatic heterocycles. The molecule has 0 saturated carbocycles. The zero-order chi connectivity index (χ0) is 9.38. The molecule has 74 valence electrons. The number of hydrogen-bond donors (Lipinski definition) is 2. The van der Waals surface area contributed by atoms with Crippen LogP contribution in [0.3, 0.4) is 0 Å². The van der Waals surface area contributed by atoms with Gasteiger partial charge in [-0.3, -0.25) is 4.99 Å². The molecule has 2 N–H and O–H groups in total. The first kappa shape index (κ1) is 8.05. The molecule has 0 bridgehead atoms. The topological polar surface area (TPSA) is 43.4 Å². The minimum atomic E-state index is 0.602. The van der Waals surface area contributed by atoms with Gasteiger partial charge in [0.25, 0.3) is 0 Å². The van der Waals surface area contributed by atoms with Crippen molar-refractivity contribution in [3.63, 3.8) is 0 Å². The molecule has 0 aliphatic carbocycles. The van der Waals surface area contributed by atoms with E-state index in [0.29, 0.717) is 6.04 Å². The maximum Gasteiger partial charge on any atom is 0.116 e. The van der Waals surface area contributed by atoms with Crippen LogP contribution >= 0.6 is 0 Å². The first-order valence-electron chi connectivity index (χ1n) is 5.10. The summed E-state index contributed by atoms with van der Waals surface area (Å²) < 4.78 is 0. The second-order valence-corrected chi connectivity index (χ2v) is 3.85. The average Bonchev–Trinajstić information content (AvgIpc) is 2.88. The standard InChI is InChI=1S/C10H14N4/c1-4-13-10-8(1)5-12-7-14(10)9-2-3-11-6-9/h1,4-5,9,11,13H,2-3,6-7H2. The highest BCUT2D eigenvalue weighted by Gasteiger charge is 2.25. The summed E-state index contributed by atoms with van der Waals surface area (Å²) in [6.45, 7) is 2.99. The number of nitrogens with one attached hydrogen (secondary N) is 2. The van der Waals surface area contributed by atoms with Crippen LogP contribution in [0.5, 0.6) is 0 Å². The minimum absolute atomic E-state index is 0.602. The van der Waals surface area contributed by atoms with Crippen LogP contribution in [0, 0.1) is 0 Å². The Morgan fingerprint density at radius 3 is 3.36 bits per heavy atom. The molecule has 1 fully saturated rings. The molecule has 3 rings (SSSR count). The van der Waals surface area contributed by atoms with E-state index in [0.717, 1.165) is 19.8 Å². The van der Waals surface area contributed by atoms with Crippen LogP contribution in [0.2, 0.25) is 0 Å². The van der Waals surface area contributed by atoms with Gasteiger partial charge in [-0.2, -0.15) is 0 Å². The van der Waals surface area contributed by atoms with E-state index in [9.17, 15) is 0 Å². The van der Waals surface area contributed by atoms with E-state index < -0.39 is 0 Å². The van der Waals surface area contributed by atoms with Crippen molar-refractivity contribution in [3.8, 4) is 0 Å². The van der Waals surface area contributed by atoms with Crippen molar-refractivity contribution in [3.05, 3.63) is 17.8 Å². The second kappa shape index (κ2) is 3.13. The van der Waals surface area contributed by atoms with Gasteiger partial charge in [0.05, 0.1) is 0 Å². The Hall–Kier alpha value is -1.29. The zero-order valence-corrected chi connectivity index (χ0v) is 8.03. The molecule has 0 amide bonds. The van der Waals surface area contributed by atoms with Crippen LogP contribution in [-0.2, 0) is 0 Å². The first-order chi connectivity index (χ1) is 6.95. The maximum absolute atomic E-state index is 4.37. The molecule has 4 heteroatoms. The summed E-state index contributed by atoms with van der Waals surface area (Å²) in [6, 6.07) is 2.68. The third-order valence-corrected chi connectivity index (χ3v) is 2.98. The van der Waals surface area contributed by atoms with Crippen molar-refractivity contribution in [1.82, 2.24) is 10.3 Å². The van der Waals surface area contributed by atoms with Crippen molar-refractivity contribution < 1.29 is 0 Å². The molecule has 4 nitrogen and oxygen atoms in total. The molecule has 1 aromatic rings. The lowest BCUT2D eigenvalue weighted by Gasteiger charge is -2.30. The highest BCUT2D eigenvalue weighted by atomic mass is 15.3. The summed E-state index contributed by atoms with van der Waals surface area (Å²) in [5.74, 6) is 1.23. The minimum Gasteiger partial charge on any atom is -0.348 e. The Balaban J connectivity index is 1.91. The summed E-state index contributed by atoms with van der Waals surface area (Å²) in [6.07, 6.45) is 5.15. The van der Waals surface area contributed by atoms with E-state index in [-0.39, 0.29) is 0 Å². The van der Waals surface area contributed by atoms with Gasteiger partial charge >= 0.3 is 0 Å². The van der Waals surface area contributed by atoms with Crippen molar-refractivity contribution in [2.75, 3.05) is 24.7 Å². The summed E-state index contributed by atoms with van der Waals surface area (Å²) in [7, 11) is 0. The van der Waals surface area contributed by atoms with Gasteiger partial charge in [-0.25, -0.2) is 0 Å². The number of nitrogens with zero attached hydrogens (tertiary/aromatic N) is 2. The zero-order valence-electron chi connectivity index (χ0n) is 8.03. The van der Waals surface area contributed by atoms with E-state index in [4.69, 9.17) is 0 Å². The lowest BCUT2D eigenvalue weighted by Crippen LogP contribution is -2.39. The molecule has 2 aliphatic rings. The number of aliphatic imine (C=N–C) groups is 1. The molecule has 0 radical (unpaired) electrons. The Morgan fingerprint density at radius 1 is 1.50 bits per heavy atom. The van der Waals surface area contributed by atoms with Gasteiger partial charge in [0.2, 0.25) is 0 Å². The second-order valence-electron chi connectivity index (χ2n) is 3.85. The lowest BCUT2D eigenvalue weighted by atomic mass is 10.2. The van der Waals surface area contributed by atoms with Crippen LogP contribution in [0.1, 0.15) is 12.0 Å². The third-order valence-electron chi connectivity index (χ3n) is 2.98. The molecule has 0 aromatic carbocycles. The lowest BCUT2D eigenvalue weighted by molar-refractivity contribution is 0.632. The Kier molecular flexibility index (Phi) is 1.80. The van der Waals surface area contributed by atoms with E-state index >= 15 is 0 Å². The SMILES string of the molecule is C1=NCN(C2CCNC2)c2[nH]ccc21. The first-order valence-corrected chi connectivity index (χ1v) is 5.10. The number of aromatic amines is 1. The molecule has 1 aromatic heterocycles. The van der Waals surface area contributed by atoms with Crippen LogP contribution in [0.25, 0.3) is 0 Å². The smallest absolute Gasteiger partial charge is 0.116 e. The van der Waals surface area contributed by atoms with Crippen LogP contribution in [0.15, 0.2) is 17.3 Å². The number of hydrogen-bond acceptors (Lipinski definition) is 3. The highest BCUT2D eigenvalue weighted by molar-refractivity contribution is 5.88.